The van der Waals surface area contributed by atoms with Crippen molar-refractivity contribution in [3.05, 3.63) is 59.9 Å². The molecule has 120 valence electrons. The predicted octanol–water partition coefficient (Wildman–Crippen LogP) is 3.16. The second-order valence-electron chi connectivity index (χ2n) is 6.05. The van der Waals surface area contributed by atoms with Gasteiger partial charge in [0.05, 0.1) is 11.7 Å². The lowest BCUT2D eigenvalue weighted by Crippen LogP contribution is -2.32. The molecule has 4 nitrogen and oxygen atoms in total. The van der Waals surface area contributed by atoms with E-state index in [1.807, 2.05) is 11.0 Å². The van der Waals surface area contributed by atoms with Gasteiger partial charge in [0.15, 0.2) is 0 Å². The summed E-state index contributed by atoms with van der Waals surface area (Å²) in [4.78, 5) is 22.7. The lowest BCUT2D eigenvalue weighted by molar-refractivity contribution is -0.132. The van der Waals surface area contributed by atoms with Crippen molar-refractivity contribution in [1.29, 1.82) is 0 Å². The Kier molecular flexibility index (Phi) is 4.65. The molecule has 23 heavy (non-hydrogen) atoms. The number of hydrogen-bond acceptors (Lipinski definition) is 3. The quantitative estimate of drug-likeness (QED) is 0.871. The molecule has 1 aromatic carbocycles. The fourth-order valence-corrected chi connectivity index (χ4v) is 3.26. The summed E-state index contributed by atoms with van der Waals surface area (Å²) in [7, 11) is 0. The Hall–Kier alpha value is -2.30. The molecule has 0 radical (unpaired) electrons. The summed E-state index contributed by atoms with van der Waals surface area (Å²) in [5, 5.41) is 0. The van der Waals surface area contributed by atoms with Gasteiger partial charge in [-0.05, 0) is 36.5 Å². The molecule has 0 unspecified atom stereocenters. The van der Waals surface area contributed by atoms with Gasteiger partial charge in [0.2, 0.25) is 5.91 Å². The number of likely N-dealkylation sites (tertiary alicyclic amines) is 1. The van der Waals surface area contributed by atoms with Crippen LogP contribution in [0, 0.1) is 11.7 Å². The average Bonchev–Trinajstić information content (AvgIpc) is 2.95. The maximum Gasteiger partial charge on any atom is 0.223 e. The molecule has 5 heteroatoms. The van der Waals surface area contributed by atoms with E-state index in [-0.39, 0.29) is 17.8 Å². The predicted molar refractivity (Wildman–Crippen MR) is 85.0 cm³/mol. The number of aromatic nitrogens is 2. The highest BCUT2D eigenvalue weighted by molar-refractivity contribution is 5.77. The zero-order valence-electron chi connectivity index (χ0n) is 13.2. The van der Waals surface area contributed by atoms with Crippen molar-refractivity contribution in [2.24, 2.45) is 5.92 Å². The Morgan fingerprint density at radius 3 is 3.00 bits per heavy atom. The zero-order chi connectivity index (χ0) is 16.2. The third-order valence-electron chi connectivity index (χ3n) is 4.42. The van der Waals surface area contributed by atoms with Crippen molar-refractivity contribution in [2.75, 3.05) is 6.54 Å². The van der Waals surface area contributed by atoms with Gasteiger partial charge < -0.3 is 4.90 Å². The normalized spacial score (nSPS) is 20.7. The third-order valence-corrected chi connectivity index (χ3v) is 4.42. The number of rotatable bonds is 4. The Bertz CT molecular complexity index is 677. The molecule has 1 aromatic heterocycles. The molecule has 0 N–H and O–H groups in total. The molecule has 0 aliphatic carbocycles. The van der Waals surface area contributed by atoms with Gasteiger partial charge in [-0.1, -0.05) is 19.1 Å². The van der Waals surface area contributed by atoms with Gasteiger partial charge in [-0.25, -0.2) is 4.39 Å². The minimum atomic E-state index is -0.256. The molecule has 1 amide bonds. The van der Waals surface area contributed by atoms with E-state index in [2.05, 4.69) is 16.9 Å². The minimum absolute atomic E-state index is 0.0416. The van der Waals surface area contributed by atoms with Crippen LogP contribution in [0.25, 0.3) is 0 Å². The second-order valence-corrected chi connectivity index (χ2v) is 6.05. The van der Waals surface area contributed by atoms with E-state index in [1.165, 1.54) is 12.1 Å². The molecule has 2 atom stereocenters. The van der Waals surface area contributed by atoms with Gasteiger partial charge in [-0.2, -0.15) is 0 Å². The molecule has 2 heterocycles. The maximum atomic E-state index is 13.5. The van der Waals surface area contributed by atoms with Crippen molar-refractivity contribution in [3.63, 3.8) is 0 Å². The number of carbonyl (C=O) groups is 1. The molecule has 2 aromatic rings. The second kappa shape index (κ2) is 6.86. The lowest BCUT2D eigenvalue weighted by Gasteiger charge is -2.27. The summed E-state index contributed by atoms with van der Waals surface area (Å²) >= 11 is 0. The number of carbonyl (C=O) groups excluding carboxylic acids is 1. The van der Waals surface area contributed by atoms with E-state index in [4.69, 9.17) is 0 Å². The Morgan fingerprint density at radius 2 is 2.26 bits per heavy atom. The van der Waals surface area contributed by atoms with Crippen LogP contribution in [0.15, 0.2) is 42.9 Å². The Balaban J connectivity index is 1.71. The molecule has 0 spiro atoms. The van der Waals surface area contributed by atoms with Crippen LogP contribution >= 0.6 is 0 Å². The first-order valence-electron chi connectivity index (χ1n) is 7.95. The highest BCUT2D eigenvalue weighted by atomic mass is 19.1. The van der Waals surface area contributed by atoms with Crippen LogP contribution in [-0.2, 0) is 11.2 Å². The van der Waals surface area contributed by atoms with Crippen LogP contribution in [0.5, 0.6) is 0 Å². The Labute approximate surface area is 135 Å². The van der Waals surface area contributed by atoms with Crippen molar-refractivity contribution >= 4 is 5.91 Å². The fourth-order valence-electron chi connectivity index (χ4n) is 3.26. The number of nitrogens with zero attached hydrogens (tertiary/aromatic N) is 3. The van der Waals surface area contributed by atoms with Crippen LogP contribution < -0.4 is 0 Å². The summed E-state index contributed by atoms with van der Waals surface area (Å²) in [6, 6.07) is 6.54. The molecular formula is C18H20FN3O. The highest BCUT2D eigenvalue weighted by Gasteiger charge is 2.35. The van der Waals surface area contributed by atoms with Gasteiger partial charge in [0.25, 0.3) is 0 Å². The van der Waals surface area contributed by atoms with Crippen LogP contribution in [0.3, 0.4) is 0 Å². The van der Waals surface area contributed by atoms with Gasteiger partial charge in [0, 0.05) is 31.6 Å². The zero-order valence-corrected chi connectivity index (χ0v) is 13.2. The van der Waals surface area contributed by atoms with Gasteiger partial charge in [-0.15, -0.1) is 0 Å². The van der Waals surface area contributed by atoms with Crippen molar-refractivity contribution in [1.82, 2.24) is 14.9 Å². The van der Waals surface area contributed by atoms with Crippen molar-refractivity contribution < 1.29 is 9.18 Å². The third kappa shape index (κ3) is 3.55. The standard InChI is InChI=1S/C18H20FN3O/c1-13-7-10-22(18(13)14-3-2-4-15(19)11-14)17(23)6-5-16-12-20-8-9-21-16/h2-4,8-9,11-13,18H,5-7,10H2,1H3/t13-,18+/m1/s1. The van der Waals surface area contributed by atoms with E-state index < -0.39 is 0 Å². The Morgan fingerprint density at radius 1 is 1.39 bits per heavy atom. The molecule has 0 saturated carbocycles. The fraction of sp³-hybridized carbons (Fsp3) is 0.389. The molecular weight excluding hydrogens is 293 g/mol. The summed E-state index contributed by atoms with van der Waals surface area (Å²) in [5.41, 5.74) is 1.69. The molecule has 1 aliphatic heterocycles. The molecule has 1 fully saturated rings. The molecule has 0 bridgehead atoms. The van der Waals surface area contributed by atoms with Crippen molar-refractivity contribution in [2.45, 2.75) is 32.2 Å². The average molecular weight is 313 g/mol. The van der Waals surface area contributed by atoms with E-state index in [0.717, 1.165) is 24.2 Å². The lowest BCUT2D eigenvalue weighted by atomic mass is 9.95. The first-order valence-corrected chi connectivity index (χ1v) is 7.95. The van der Waals surface area contributed by atoms with E-state index in [0.29, 0.717) is 18.8 Å². The van der Waals surface area contributed by atoms with Crippen LogP contribution in [0.1, 0.15) is 37.1 Å². The van der Waals surface area contributed by atoms with Gasteiger partial charge >= 0.3 is 0 Å². The molecule has 3 rings (SSSR count). The van der Waals surface area contributed by atoms with Gasteiger partial charge in [-0.3, -0.25) is 14.8 Å². The summed E-state index contributed by atoms with van der Waals surface area (Å²) in [6.07, 6.45) is 6.85. The first kappa shape index (κ1) is 15.6. The monoisotopic (exact) mass is 313 g/mol. The topological polar surface area (TPSA) is 46.1 Å². The maximum absolute atomic E-state index is 13.5. The van der Waals surface area contributed by atoms with Crippen LogP contribution in [0.2, 0.25) is 0 Å². The molecule has 1 saturated heterocycles. The number of hydrogen-bond donors (Lipinski definition) is 0. The highest BCUT2D eigenvalue weighted by Crippen LogP contribution is 2.37. The van der Waals surface area contributed by atoms with E-state index in [9.17, 15) is 9.18 Å². The summed E-state index contributed by atoms with van der Waals surface area (Å²) < 4.78 is 13.5. The van der Waals surface area contributed by atoms with E-state index in [1.54, 1.807) is 24.7 Å². The molecule has 1 aliphatic rings. The van der Waals surface area contributed by atoms with Crippen LogP contribution in [0.4, 0.5) is 4.39 Å². The first-order chi connectivity index (χ1) is 11.1. The smallest absolute Gasteiger partial charge is 0.223 e. The summed E-state index contributed by atoms with van der Waals surface area (Å²) in [5.74, 6) is 0.167. The van der Waals surface area contributed by atoms with Gasteiger partial charge in [0.1, 0.15) is 5.82 Å². The SMILES string of the molecule is C[C@@H]1CCN(C(=O)CCc2cnccn2)[C@@H]1c1cccc(F)c1. The number of aryl methyl sites for hydroxylation is 1. The number of amides is 1. The number of halogens is 1. The van der Waals surface area contributed by atoms with Crippen LogP contribution in [-0.4, -0.2) is 27.3 Å². The largest absolute Gasteiger partial charge is 0.335 e. The van der Waals surface area contributed by atoms with E-state index >= 15 is 0 Å². The summed E-state index contributed by atoms with van der Waals surface area (Å²) in [6.45, 7) is 2.84. The van der Waals surface area contributed by atoms with Crippen molar-refractivity contribution in [3.8, 4) is 0 Å². The number of benzene rings is 1. The minimum Gasteiger partial charge on any atom is -0.335 e.